The first kappa shape index (κ1) is 94.1. The number of esters is 4. The van der Waals surface area contributed by atoms with Gasteiger partial charge in [-0.2, -0.15) is 0 Å². The van der Waals surface area contributed by atoms with Gasteiger partial charge in [-0.15, -0.1) is 0 Å². The van der Waals surface area contributed by atoms with E-state index >= 15 is 0 Å². The quantitative estimate of drug-likeness (QED) is 0.0222. The van der Waals surface area contributed by atoms with Crippen molar-refractivity contribution in [3.8, 4) is 0 Å². The Morgan fingerprint density at radius 2 is 0.531 bits per heavy atom. The lowest BCUT2D eigenvalue weighted by Gasteiger charge is -2.21. The Kier molecular flexibility index (Phi) is 67.4. The molecule has 0 radical (unpaired) electrons. The number of aliphatic hydroxyl groups excluding tert-OH is 1. The predicted octanol–water partition coefficient (Wildman–Crippen LogP) is 22.7. The Morgan fingerprint density at radius 3 is 0.792 bits per heavy atom. The summed E-state index contributed by atoms with van der Waals surface area (Å²) in [6.45, 7) is 9.55. The number of hydrogen-bond acceptors (Lipinski definition) is 15. The average molecular weight is 1410 g/mol. The van der Waals surface area contributed by atoms with Crippen molar-refractivity contribution < 1.29 is 80.2 Å². The molecule has 0 rings (SSSR count). The summed E-state index contributed by atoms with van der Waals surface area (Å²) in [5.41, 5.74) is 0. The zero-order chi connectivity index (χ0) is 70.7. The average Bonchev–Trinajstić information content (AvgIpc) is 1.13. The molecule has 0 heterocycles. The van der Waals surface area contributed by atoms with Gasteiger partial charge in [0.05, 0.1) is 26.4 Å². The van der Waals surface area contributed by atoms with E-state index in [1.54, 1.807) is 0 Å². The monoisotopic (exact) mass is 1410 g/mol. The van der Waals surface area contributed by atoms with Crippen molar-refractivity contribution in [1.82, 2.24) is 0 Å². The maximum atomic E-state index is 13.1. The van der Waals surface area contributed by atoms with E-state index in [1.807, 2.05) is 0 Å². The molecule has 0 saturated carbocycles. The topological polar surface area (TPSA) is 237 Å². The summed E-state index contributed by atoms with van der Waals surface area (Å²) in [7, 11) is -9.91. The molecular weight excluding hydrogens is 1260 g/mol. The van der Waals surface area contributed by atoms with Gasteiger partial charge < -0.3 is 33.8 Å². The summed E-state index contributed by atoms with van der Waals surface area (Å²) >= 11 is 0. The van der Waals surface area contributed by atoms with E-state index in [2.05, 4.69) is 41.5 Å². The highest BCUT2D eigenvalue weighted by Crippen LogP contribution is 2.45. The predicted molar refractivity (Wildman–Crippen MR) is 391 cm³/mol. The second kappa shape index (κ2) is 68.8. The Balaban J connectivity index is 5.19. The summed E-state index contributed by atoms with van der Waals surface area (Å²) in [4.78, 5) is 72.7. The van der Waals surface area contributed by atoms with E-state index in [-0.39, 0.29) is 25.7 Å². The van der Waals surface area contributed by atoms with Crippen LogP contribution in [0.2, 0.25) is 0 Å². The third-order valence-electron chi connectivity index (χ3n) is 18.3. The van der Waals surface area contributed by atoms with Crippen molar-refractivity contribution in [2.75, 3.05) is 39.6 Å². The SMILES string of the molecule is CCCCCCCCCCCCCCCCCCCCCCCC(=O)O[C@H](COC(=O)CCCCCCCCCCCCCCCC(C)C)COP(=O)(O)OC[C@@H](O)COP(=O)(O)OC[C@@H](COC(=O)CCCCCCCCCCC)OC(=O)CCCCCCCCC(C)CC. The van der Waals surface area contributed by atoms with Crippen LogP contribution in [0.3, 0.4) is 0 Å². The van der Waals surface area contributed by atoms with E-state index in [1.165, 1.54) is 218 Å². The van der Waals surface area contributed by atoms with E-state index in [0.29, 0.717) is 25.7 Å². The van der Waals surface area contributed by atoms with Crippen LogP contribution >= 0.6 is 15.6 Å². The maximum Gasteiger partial charge on any atom is 0.472 e. The lowest BCUT2D eigenvalue weighted by molar-refractivity contribution is -0.161. The molecule has 17 nitrogen and oxygen atoms in total. The minimum Gasteiger partial charge on any atom is -0.462 e. The lowest BCUT2D eigenvalue weighted by Crippen LogP contribution is -2.30. The fourth-order valence-corrected chi connectivity index (χ4v) is 13.4. The first-order valence-corrected chi connectivity index (χ1v) is 43.0. The Morgan fingerprint density at radius 1 is 0.302 bits per heavy atom. The highest BCUT2D eigenvalue weighted by atomic mass is 31.2. The zero-order valence-corrected chi connectivity index (χ0v) is 64.5. The van der Waals surface area contributed by atoms with Crippen LogP contribution in [0.15, 0.2) is 0 Å². The van der Waals surface area contributed by atoms with Gasteiger partial charge in [-0.3, -0.25) is 37.3 Å². The first-order chi connectivity index (χ1) is 46.4. The molecule has 3 N–H and O–H groups in total. The van der Waals surface area contributed by atoms with Crippen molar-refractivity contribution in [2.24, 2.45) is 11.8 Å². The number of carbonyl (C=O) groups excluding carboxylic acids is 4. The van der Waals surface area contributed by atoms with Crippen LogP contribution in [0.4, 0.5) is 0 Å². The molecule has 0 fully saturated rings. The van der Waals surface area contributed by atoms with Crippen LogP contribution in [0.25, 0.3) is 0 Å². The van der Waals surface area contributed by atoms with Crippen molar-refractivity contribution >= 4 is 39.5 Å². The van der Waals surface area contributed by atoms with Gasteiger partial charge in [0.25, 0.3) is 0 Å². The fraction of sp³-hybridized carbons (Fsp3) is 0.948. The van der Waals surface area contributed by atoms with Gasteiger partial charge >= 0.3 is 39.5 Å². The molecule has 96 heavy (non-hydrogen) atoms. The van der Waals surface area contributed by atoms with Gasteiger partial charge in [0, 0.05) is 25.7 Å². The molecule has 6 atom stereocenters. The number of ether oxygens (including phenoxy) is 4. The maximum absolute atomic E-state index is 13.1. The first-order valence-electron chi connectivity index (χ1n) is 40.0. The minimum absolute atomic E-state index is 0.103. The standard InChI is InChI=1S/C77H150O17P2/c1-7-10-12-14-16-18-19-20-21-22-23-24-25-26-27-30-34-38-42-49-55-61-76(81)93-72(65-88-75(80)60-54-48-41-37-33-31-28-29-32-36-39-45-51-57-69(4)5)67-91-95(83,84)89-63-71(78)64-90-96(85,86)92-68-73(66-87-74(79)59-53-47-40-35-17-15-13-11-8-2)94-77(82)62-56-50-44-43-46-52-58-70(6)9-3/h69-73,78H,7-68H2,1-6H3,(H,83,84)(H,85,86)/t70?,71-,72-,73-/m1/s1. The summed E-state index contributed by atoms with van der Waals surface area (Å²) < 4.78 is 68.5. The van der Waals surface area contributed by atoms with Crippen molar-refractivity contribution in [2.45, 2.75) is 419 Å². The van der Waals surface area contributed by atoms with Gasteiger partial charge in [0.15, 0.2) is 12.2 Å². The van der Waals surface area contributed by atoms with Gasteiger partial charge in [-0.05, 0) is 37.5 Å². The summed E-state index contributed by atoms with van der Waals surface area (Å²) in [5, 5.41) is 10.6. The fourth-order valence-electron chi connectivity index (χ4n) is 11.8. The molecule has 0 aromatic rings. The second-order valence-corrected chi connectivity index (χ2v) is 31.4. The second-order valence-electron chi connectivity index (χ2n) is 28.5. The molecule has 0 spiro atoms. The van der Waals surface area contributed by atoms with E-state index < -0.39 is 97.5 Å². The van der Waals surface area contributed by atoms with E-state index in [9.17, 15) is 43.2 Å². The molecule has 0 aromatic carbocycles. The van der Waals surface area contributed by atoms with Gasteiger partial charge in [0.2, 0.25) is 0 Å². The Bertz CT molecular complexity index is 1860. The number of unbranched alkanes of at least 4 members (excludes halogenated alkanes) is 45. The number of phosphoric acid groups is 2. The van der Waals surface area contributed by atoms with Crippen LogP contribution in [-0.4, -0.2) is 96.7 Å². The molecule has 0 aliphatic heterocycles. The summed E-state index contributed by atoms with van der Waals surface area (Å²) in [6.07, 6.45) is 57.1. The van der Waals surface area contributed by atoms with Crippen LogP contribution in [0.5, 0.6) is 0 Å². The van der Waals surface area contributed by atoms with Gasteiger partial charge in [0.1, 0.15) is 19.3 Å². The minimum atomic E-state index is -4.96. The van der Waals surface area contributed by atoms with Crippen molar-refractivity contribution in [3.05, 3.63) is 0 Å². The number of aliphatic hydroxyl groups is 1. The molecule has 19 heteroatoms. The van der Waals surface area contributed by atoms with Crippen molar-refractivity contribution in [3.63, 3.8) is 0 Å². The highest BCUT2D eigenvalue weighted by Gasteiger charge is 2.30. The summed E-state index contributed by atoms with van der Waals surface area (Å²) in [5.74, 6) is -0.608. The largest absolute Gasteiger partial charge is 0.472 e. The molecule has 0 saturated heterocycles. The molecule has 3 unspecified atom stereocenters. The van der Waals surface area contributed by atoms with Crippen LogP contribution in [0, 0.1) is 11.8 Å². The lowest BCUT2D eigenvalue weighted by atomic mass is 10.00. The Hall–Kier alpha value is -1.94. The normalized spacial score (nSPS) is 14.3. The number of phosphoric ester groups is 2. The van der Waals surface area contributed by atoms with E-state index in [4.69, 9.17) is 37.0 Å². The third kappa shape index (κ3) is 69.2. The zero-order valence-electron chi connectivity index (χ0n) is 62.7. The molecule has 0 aromatic heterocycles. The van der Waals surface area contributed by atoms with Crippen LogP contribution in [0.1, 0.15) is 401 Å². The molecule has 0 amide bonds. The molecule has 570 valence electrons. The Labute approximate surface area is 588 Å². The highest BCUT2D eigenvalue weighted by molar-refractivity contribution is 7.47. The van der Waals surface area contributed by atoms with Crippen molar-refractivity contribution in [1.29, 1.82) is 0 Å². The van der Waals surface area contributed by atoms with Gasteiger partial charge in [-0.1, -0.05) is 350 Å². The van der Waals surface area contributed by atoms with Crippen LogP contribution < -0.4 is 0 Å². The number of carbonyl (C=O) groups is 4. The third-order valence-corrected chi connectivity index (χ3v) is 20.2. The number of hydrogen-bond donors (Lipinski definition) is 3. The van der Waals surface area contributed by atoms with Gasteiger partial charge in [-0.25, -0.2) is 9.13 Å². The van der Waals surface area contributed by atoms with Crippen LogP contribution in [-0.2, 0) is 65.4 Å². The molecular formula is C77H150O17P2. The molecule has 0 bridgehead atoms. The smallest absolute Gasteiger partial charge is 0.462 e. The summed E-state index contributed by atoms with van der Waals surface area (Å²) in [6, 6.07) is 0. The number of rotatable bonds is 76. The molecule has 0 aliphatic rings. The molecule has 0 aliphatic carbocycles. The van der Waals surface area contributed by atoms with E-state index in [0.717, 1.165) is 102 Å².